The molecule has 0 N–H and O–H groups in total. The molecule has 2 atom stereocenters. The molecule has 0 bridgehead atoms. The fourth-order valence-electron chi connectivity index (χ4n) is 2.09. The molecule has 2 aliphatic rings. The molecule has 0 aliphatic carbocycles. The van der Waals surface area contributed by atoms with Gasteiger partial charge in [0, 0.05) is 19.8 Å². The van der Waals surface area contributed by atoms with Crippen molar-refractivity contribution in [2.45, 2.75) is 44.3 Å². The monoisotopic (exact) mass is 200 g/mol. The fraction of sp³-hybridized carbons (Fsp3) is 1.00. The Morgan fingerprint density at radius 1 is 0.714 bits per heavy atom. The van der Waals surface area contributed by atoms with E-state index >= 15 is 0 Å². The zero-order valence-corrected chi connectivity index (χ0v) is 8.74. The Balaban J connectivity index is 1.83. The summed E-state index contributed by atoms with van der Waals surface area (Å²) in [5.41, 5.74) is 0. The quantitative estimate of drug-likeness (QED) is 0.645. The van der Waals surface area contributed by atoms with Crippen molar-refractivity contribution < 1.29 is 14.2 Å². The smallest absolute Gasteiger partial charge is 0.107 e. The van der Waals surface area contributed by atoms with Crippen LogP contribution in [0.1, 0.15) is 32.1 Å². The van der Waals surface area contributed by atoms with Crippen molar-refractivity contribution in [2.24, 2.45) is 0 Å². The minimum atomic E-state index is 0.176. The molecule has 0 aromatic carbocycles. The summed E-state index contributed by atoms with van der Waals surface area (Å²) in [6.45, 7) is 3.27. The van der Waals surface area contributed by atoms with Gasteiger partial charge in [-0.3, -0.25) is 0 Å². The lowest BCUT2D eigenvalue weighted by Gasteiger charge is -2.24. The lowest BCUT2D eigenvalue weighted by atomic mass is 10.1. The maximum absolute atomic E-state index is 5.79. The Bertz CT molecular complexity index is 127. The molecule has 2 unspecified atom stereocenters. The Morgan fingerprint density at radius 3 is 2.57 bits per heavy atom. The Hall–Kier alpha value is -0.120. The highest BCUT2D eigenvalue weighted by Crippen LogP contribution is 2.19. The second-order valence-electron chi connectivity index (χ2n) is 4.10. The molecule has 0 amide bonds. The SMILES string of the molecule is C1CCOC(C2COCCCO2)CC1. The van der Waals surface area contributed by atoms with E-state index in [1.165, 1.54) is 19.3 Å². The molecule has 2 rings (SSSR count). The van der Waals surface area contributed by atoms with Crippen LogP contribution in [0.4, 0.5) is 0 Å². The van der Waals surface area contributed by atoms with Gasteiger partial charge < -0.3 is 14.2 Å². The maximum atomic E-state index is 5.79. The lowest BCUT2D eigenvalue weighted by molar-refractivity contribution is -0.0838. The second-order valence-corrected chi connectivity index (χ2v) is 4.10. The van der Waals surface area contributed by atoms with Crippen LogP contribution >= 0.6 is 0 Å². The average Bonchev–Trinajstić information content (AvgIpc) is 2.62. The van der Waals surface area contributed by atoms with Crippen LogP contribution in [0.15, 0.2) is 0 Å². The third-order valence-electron chi connectivity index (χ3n) is 2.93. The van der Waals surface area contributed by atoms with Crippen molar-refractivity contribution >= 4 is 0 Å². The Labute approximate surface area is 85.7 Å². The number of hydrogen-bond acceptors (Lipinski definition) is 3. The van der Waals surface area contributed by atoms with Crippen LogP contribution in [0.25, 0.3) is 0 Å². The first-order chi connectivity index (χ1) is 6.97. The molecule has 0 aromatic heterocycles. The van der Waals surface area contributed by atoms with Crippen LogP contribution in [-0.4, -0.2) is 38.6 Å². The molecule has 0 radical (unpaired) electrons. The van der Waals surface area contributed by atoms with Gasteiger partial charge in [0.15, 0.2) is 0 Å². The van der Waals surface area contributed by atoms with Crippen molar-refractivity contribution in [3.63, 3.8) is 0 Å². The van der Waals surface area contributed by atoms with E-state index in [2.05, 4.69) is 0 Å². The molecular weight excluding hydrogens is 180 g/mol. The van der Waals surface area contributed by atoms with E-state index in [0.29, 0.717) is 6.61 Å². The predicted octanol–water partition coefficient (Wildman–Crippen LogP) is 1.75. The molecule has 14 heavy (non-hydrogen) atoms. The number of rotatable bonds is 1. The summed E-state index contributed by atoms with van der Waals surface area (Å²) < 4.78 is 17.0. The van der Waals surface area contributed by atoms with Crippen molar-refractivity contribution in [3.05, 3.63) is 0 Å². The van der Waals surface area contributed by atoms with Crippen molar-refractivity contribution in [3.8, 4) is 0 Å². The van der Waals surface area contributed by atoms with Gasteiger partial charge in [0.1, 0.15) is 6.10 Å². The van der Waals surface area contributed by atoms with Crippen molar-refractivity contribution in [1.82, 2.24) is 0 Å². The van der Waals surface area contributed by atoms with E-state index in [1.807, 2.05) is 0 Å². The molecule has 2 heterocycles. The topological polar surface area (TPSA) is 27.7 Å². The Kier molecular flexibility index (Phi) is 4.22. The molecule has 3 heteroatoms. The van der Waals surface area contributed by atoms with Gasteiger partial charge in [-0.1, -0.05) is 12.8 Å². The molecular formula is C11H20O3. The minimum absolute atomic E-state index is 0.176. The van der Waals surface area contributed by atoms with E-state index in [1.54, 1.807) is 0 Å². The van der Waals surface area contributed by atoms with Gasteiger partial charge in [0.25, 0.3) is 0 Å². The summed E-state index contributed by atoms with van der Waals surface area (Å²) in [7, 11) is 0. The predicted molar refractivity (Wildman–Crippen MR) is 53.4 cm³/mol. The summed E-state index contributed by atoms with van der Waals surface area (Å²) in [5.74, 6) is 0. The van der Waals surface area contributed by atoms with Crippen LogP contribution in [0.5, 0.6) is 0 Å². The Morgan fingerprint density at radius 2 is 1.57 bits per heavy atom. The van der Waals surface area contributed by atoms with Gasteiger partial charge in [-0.15, -0.1) is 0 Å². The van der Waals surface area contributed by atoms with Gasteiger partial charge in [-0.05, 0) is 19.3 Å². The molecule has 2 fully saturated rings. The van der Waals surface area contributed by atoms with Gasteiger partial charge >= 0.3 is 0 Å². The molecule has 2 aliphatic heterocycles. The maximum Gasteiger partial charge on any atom is 0.107 e. The zero-order chi connectivity index (χ0) is 9.64. The summed E-state index contributed by atoms with van der Waals surface area (Å²) in [5, 5.41) is 0. The first-order valence-corrected chi connectivity index (χ1v) is 5.78. The standard InChI is InChI=1S/C11H20O3/c1-2-5-10(13-7-3-1)11-9-12-6-4-8-14-11/h10-11H,1-9H2. The first kappa shape index (κ1) is 10.4. The van der Waals surface area contributed by atoms with Gasteiger partial charge in [0.05, 0.1) is 12.7 Å². The van der Waals surface area contributed by atoms with E-state index < -0.39 is 0 Å². The third kappa shape index (κ3) is 2.94. The highest BCUT2D eigenvalue weighted by molar-refractivity contribution is 4.74. The van der Waals surface area contributed by atoms with Gasteiger partial charge in [-0.25, -0.2) is 0 Å². The molecule has 0 saturated carbocycles. The molecule has 82 valence electrons. The van der Waals surface area contributed by atoms with Gasteiger partial charge in [0.2, 0.25) is 0 Å². The van der Waals surface area contributed by atoms with Crippen molar-refractivity contribution in [2.75, 3.05) is 26.4 Å². The molecule has 0 spiro atoms. The minimum Gasteiger partial charge on any atom is -0.379 e. The summed E-state index contributed by atoms with van der Waals surface area (Å²) in [4.78, 5) is 0. The summed E-state index contributed by atoms with van der Waals surface area (Å²) in [6, 6.07) is 0. The fourth-order valence-corrected chi connectivity index (χ4v) is 2.09. The van der Waals surface area contributed by atoms with E-state index in [9.17, 15) is 0 Å². The van der Waals surface area contributed by atoms with Crippen LogP contribution in [0, 0.1) is 0 Å². The van der Waals surface area contributed by atoms with Crippen LogP contribution in [0.3, 0.4) is 0 Å². The number of hydrogen-bond donors (Lipinski definition) is 0. The van der Waals surface area contributed by atoms with E-state index in [0.717, 1.165) is 32.7 Å². The van der Waals surface area contributed by atoms with Crippen LogP contribution in [-0.2, 0) is 14.2 Å². The van der Waals surface area contributed by atoms with Crippen molar-refractivity contribution in [1.29, 1.82) is 0 Å². The van der Waals surface area contributed by atoms with Crippen LogP contribution < -0.4 is 0 Å². The summed E-state index contributed by atoms with van der Waals surface area (Å²) >= 11 is 0. The summed E-state index contributed by atoms with van der Waals surface area (Å²) in [6.07, 6.45) is 6.36. The normalized spacial score (nSPS) is 36.0. The zero-order valence-electron chi connectivity index (χ0n) is 8.74. The van der Waals surface area contributed by atoms with Gasteiger partial charge in [-0.2, -0.15) is 0 Å². The number of ether oxygens (including phenoxy) is 3. The molecule has 0 aromatic rings. The first-order valence-electron chi connectivity index (χ1n) is 5.78. The molecule has 3 nitrogen and oxygen atoms in total. The highest BCUT2D eigenvalue weighted by atomic mass is 16.6. The average molecular weight is 200 g/mol. The second kappa shape index (κ2) is 5.69. The lowest BCUT2D eigenvalue weighted by Crippen LogP contribution is -2.34. The van der Waals surface area contributed by atoms with E-state index in [-0.39, 0.29) is 12.2 Å². The highest BCUT2D eigenvalue weighted by Gasteiger charge is 2.25. The molecule has 2 saturated heterocycles. The largest absolute Gasteiger partial charge is 0.379 e. The van der Waals surface area contributed by atoms with E-state index in [4.69, 9.17) is 14.2 Å². The van der Waals surface area contributed by atoms with Crippen LogP contribution in [0.2, 0.25) is 0 Å². The third-order valence-corrected chi connectivity index (χ3v) is 2.93.